The number of amides is 3. The number of likely N-dealkylation sites (N-methyl/N-ethyl adjacent to an activating group) is 1. The SMILES string of the molecule is CNC(=O)C(=O)N1CC(C)C(NS(=O)(=O)c2cn(C)c(C(=O)Nc3cc(F)c(F)c(F)c3)c2F)C1. The molecular formula is C20H21F4N5O5S. The van der Waals surface area contributed by atoms with Gasteiger partial charge >= 0.3 is 11.8 Å². The maximum atomic E-state index is 15.1. The monoisotopic (exact) mass is 519 g/mol. The Morgan fingerprint density at radius 3 is 2.20 bits per heavy atom. The first-order valence-electron chi connectivity index (χ1n) is 10.1. The molecule has 2 aromatic rings. The topological polar surface area (TPSA) is 130 Å². The summed E-state index contributed by atoms with van der Waals surface area (Å²) in [4.78, 5) is 36.4. The van der Waals surface area contributed by atoms with Gasteiger partial charge in [0.2, 0.25) is 10.0 Å². The molecule has 3 rings (SSSR count). The summed E-state index contributed by atoms with van der Waals surface area (Å²) in [5.41, 5.74) is -1.29. The van der Waals surface area contributed by atoms with Crippen LogP contribution < -0.4 is 15.4 Å². The van der Waals surface area contributed by atoms with Crippen molar-refractivity contribution in [2.45, 2.75) is 17.9 Å². The van der Waals surface area contributed by atoms with E-state index >= 15 is 4.39 Å². The van der Waals surface area contributed by atoms with Gasteiger partial charge in [-0.2, -0.15) is 0 Å². The molecule has 1 saturated heterocycles. The third kappa shape index (κ3) is 5.14. The van der Waals surface area contributed by atoms with E-state index in [9.17, 15) is 36.0 Å². The second-order valence-corrected chi connectivity index (χ2v) is 9.65. The molecule has 0 bridgehead atoms. The normalized spacial score (nSPS) is 18.0. The molecule has 0 spiro atoms. The van der Waals surface area contributed by atoms with Crippen molar-refractivity contribution in [1.29, 1.82) is 0 Å². The number of rotatable bonds is 5. The molecule has 1 aromatic carbocycles. The number of aromatic nitrogens is 1. The molecule has 2 unspecified atom stereocenters. The lowest BCUT2D eigenvalue weighted by atomic mass is 10.1. The molecule has 0 radical (unpaired) electrons. The number of sulfonamides is 1. The van der Waals surface area contributed by atoms with E-state index in [1.807, 2.05) is 5.32 Å². The van der Waals surface area contributed by atoms with Crippen LogP contribution in [0.15, 0.2) is 23.2 Å². The molecule has 35 heavy (non-hydrogen) atoms. The van der Waals surface area contributed by atoms with Crippen LogP contribution >= 0.6 is 0 Å². The first-order chi connectivity index (χ1) is 16.3. The van der Waals surface area contributed by atoms with Crippen molar-refractivity contribution in [1.82, 2.24) is 19.5 Å². The van der Waals surface area contributed by atoms with Gasteiger partial charge in [-0.25, -0.2) is 30.7 Å². The number of nitrogens with one attached hydrogen (secondary N) is 3. The highest BCUT2D eigenvalue weighted by molar-refractivity contribution is 7.89. The molecule has 3 N–H and O–H groups in total. The fourth-order valence-corrected chi connectivity index (χ4v) is 5.10. The minimum absolute atomic E-state index is 0.0785. The summed E-state index contributed by atoms with van der Waals surface area (Å²) in [7, 11) is -2.10. The van der Waals surface area contributed by atoms with Gasteiger partial charge in [0.05, 0.1) is 0 Å². The van der Waals surface area contributed by atoms with E-state index in [1.165, 1.54) is 14.1 Å². The van der Waals surface area contributed by atoms with Crippen LogP contribution in [0.4, 0.5) is 23.2 Å². The van der Waals surface area contributed by atoms with Gasteiger partial charge in [-0.15, -0.1) is 0 Å². The van der Waals surface area contributed by atoms with E-state index in [2.05, 4.69) is 10.0 Å². The Labute approximate surface area is 197 Å². The molecule has 3 amide bonds. The highest BCUT2D eigenvalue weighted by atomic mass is 32.2. The van der Waals surface area contributed by atoms with Crippen molar-refractivity contribution >= 4 is 33.4 Å². The number of aryl methyl sites for hydroxylation is 1. The average molecular weight is 519 g/mol. The van der Waals surface area contributed by atoms with Crippen LogP contribution in [0.2, 0.25) is 0 Å². The Morgan fingerprint density at radius 1 is 1.03 bits per heavy atom. The number of nitrogens with zero attached hydrogens (tertiary/aromatic N) is 2. The van der Waals surface area contributed by atoms with Crippen molar-refractivity contribution < 1.29 is 40.4 Å². The van der Waals surface area contributed by atoms with Gasteiger partial charge in [0.1, 0.15) is 10.6 Å². The van der Waals surface area contributed by atoms with Crippen LogP contribution in [-0.2, 0) is 26.7 Å². The molecule has 1 aromatic heterocycles. The second-order valence-electron chi connectivity index (χ2n) is 7.97. The quantitative estimate of drug-likeness (QED) is 0.304. The van der Waals surface area contributed by atoms with Crippen molar-refractivity contribution in [3.63, 3.8) is 0 Å². The molecule has 2 heterocycles. The molecule has 190 valence electrons. The summed E-state index contributed by atoms with van der Waals surface area (Å²) >= 11 is 0. The van der Waals surface area contributed by atoms with Gasteiger partial charge < -0.3 is 20.1 Å². The Hall–Kier alpha value is -3.46. The van der Waals surface area contributed by atoms with E-state index in [1.54, 1.807) is 6.92 Å². The molecule has 1 fully saturated rings. The maximum absolute atomic E-state index is 15.1. The number of halogens is 4. The number of hydrogen-bond acceptors (Lipinski definition) is 5. The minimum Gasteiger partial charge on any atom is -0.351 e. The van der Waals surface area contributed by atoms with Gasteiger partial charge in [-0.1, -0.05) is 6.92 Å². The summed E-state index contributed by atoms with van der Waals surface area (Å²) in [6.45, 7) is 1.57. The van der Waals surface area contributed by atoms with Crippen LogP contribution in [0.5, 0.6) is 0 Å². The van der Waals surface area contributed by atoms with Gasteiger partial charge in [-0.05, 0) is 5.92 Å². The third-order valence-electron chi connectivity index (χ3n) is 5.46. The molecule has 1 aliphatic heterocycles. The molecule has 1 aliphatic rings. The van der Waals surface area contributed by atoms with Crippen molar-refractivity contribution in [2.75, 3.05) is 25.5 Å². The van der Waals surface area contributed by atoms with E-state index in [0.29, 0.717) is 12.1 Å². The first-order valence-corrected chi connectivity index (χ1v) is 11.6. The Kier molecular flexibility index (Phi) is 7.21. The summed E-state index contributed by atoms with van der Waals surface area (Å²) in [6, 6.07) is 0.101. The van der Waals surface area contributed by atoms with E-state index in [-0.39, 0.29) is 13.1 Å². The Balaban J connectivity index is 1.81. The zero-order valence-electron chi connectivity index (χ0n) is 18.7. The minimum atomic E-state index is -4.54. The predicted molar refractivity (Wildman–Crippen MR) is 114 cm³/mol. The zero-order valence-corrected chi connectivity index (χ0v) is 19.5. The standard InChI is InChI=1S/C20H21F4N5O5S/c1-9-6-29(20(32)19(31)25-2)7-13(9)27-35(33,34)14-8-28(3)17(16(14)24)18(30)26-10-4-11(21)15(23)12(22)5-10/h4-5,8-9,13,27H,6-7H2,1-3H3,(H,25,31)(H,26,30). The smallest absolute Gasteiger partial charge is 0.311 e. The van der Waals surface area contributed by atoms with Crippen LogP contribution in [0, 0.1) is 29.2 Å². The highest BCUT2D eigenvalue weighted by Crippen LogP contribution is 2.25. The van der Waals surface area contributed by atoms with E-state index in [0.717, 1.165) is 15.7 Å². The Bertz CT molecular complexity index is 1290. The lowest BCUT2D eigenvalue weighted by Gasteiger charge is -2.16. The number of hydrogen-bond donors (Lipinski definition) is 3. The van der Waals surface area contributed by atoms with Gasteiger partial charge in [0, 0.05) is 57.2 Å². The number of benzene rings is 1. The molecule has 15 heteroatoms. The molecular weight excluding hydrogens is 498 g/mol. The highest BCUT2D eigenvalue weighted by Gasteiger charge is 2.38. The third-order valence-corrected chi connectivity index (χ3v) is 6.94. The predicted octanol–water partition coefficient (Wildman–Crippen LogP) is 0.705. The number of carbonyl (C=O) groups is 3. The summed E-state index contributed by atoms with van der Waals surface area (Å²) in [5.74, 6) is -9.76. The molecule has 2 atom stereocenters. The zero-order chi connectivity index (χ0) is 26.2. The first kappa shape index (κ1) is 26.2. The Morgan fingerprint density at radius 2 is 1.63 bits per heavy atom. The fraction of sp³-hybridized carbons (Fsp3) is 0.350. The number of carbonyl (C=O) groups excluding carboxylic acids is 3. The van der Waals surface area contributed by atoms with Crippen molar-refractivity contribution in [3.05, 3.63) is 47.3 Å². The van der Waals surface area contributed by atoms with Crippen molar-refractivity contribution in [3.8, 4) is 0 Å². The fourth-order valence-electron chi connectivity index (χ4n) is 3.63. The van der Waals surface area contributed by atoms with Crippen LogP contribution in [0.25, 0.3) is 0 Å². The lowest BCUT2D eigenvalue weighted by molar-refractivity contribution is -0.144. The summed E-state index contributed by atoms with van der Waals surface area (Å²) in [5, 5.41) is 4.16. The number of anilines is 1. The van der Waals surface area contributed by atoms with E-state index in [4.69, 9.17) is 0 Å². The lowest BCUT2D eigenvalue weighted by Crippen LogP contribution is -2.43. The molecule has 10 nitrogen and oxygen atoms in total. The summed E-state index contributed by atoms with van der Waals surface area (Å²) < 4.78 is 83.9. The van der Waals surface area contributed by atoms with Gasteiger partial charge in [0.25, 0.3) is 5.91 Å². The number of likely N-dealkylation sites (tertiary alicyclic amines) is 1. The molecule has 0 aliphatic carbocycles. The largest absolute Gasteiger partial charge is 0.351 e. The van der Waals surface area contributed by atoms with E-state index < -0.39 is 79.3 Å². The van der Waals surface area contributed by atoms with Crippen LogP contribution in [-0.4, -0.2) is 61.8 Å². The van der Waals surface area contributed by atoms with Crippen molar-refractivity contribution in [2.24, 2.45) is 13.0 Å². The molecule has 0 saturated carbocycles. The summed E-state index contributed by atoms with van der Waals surface area (Å²) in [6.07, 6.45) is 0.825. The van der Waals surface area contributed by atoms with Gasteiger partial charge in [0.15, 0.2) is 23.3 Å². The van der Waals surface area contributed by atoms with Crippen LogP contribution in [0.3, 0.4) is 0 Å². The van der Waals surface area contributed by atoms with Crippen LogP contribution in [0.1, 0.15) is 17.4 Å². The van der Waals surface area contributed by atoms with Gasteiger partial charge in [-0.3, -0.25) is 14.4 Å². The maximum Gasteiger partial charge on any atom is 0.311 e. The second kappa shape index (κ2) is 9.65. The average Bonchev–Trinajstić information content (AvgIpc) is 3.29.